The van der Waals surface area contributed by atoms with Crippen LogP contribution in [0.15, 0.2) is 48.7 Å². The van der Waals surface area contributed by atoms with Gasteiger partial charge in [-0.2, -0.15) is 0 Å². The number of hydrogen-bond donors (Lipinski definition) is 1. The molecule has 3 aromatic heterocycles. The molecule has 3 heterocycles. The highest BCUT2D eigenvalue weighted by Gasteiger charge is 2.28. The molecule has 0 aliphatic heterocycles. The Kier molecular flexibility index (Phi) is 4.69. The highest BCUT2D eigenvalue weighted by atomic mass is 16.1. The van der Waals surface area contributed by atoms with Gasteiger partial charge in [-0.3, -0.25) is 4.79 Å². The van der Waals surface area contributed by atoms with Crippen molar-refractivity contribution >= 4 is 11.6 Å². The van der Waals surface area contributed by atoms with Crippen LogP contribution in [0.1, 0.15) is 57.5 Å². The molecule has 0 radical (unpaired) electrons. The average Bonchev–Trinajstić information content (AvgIpc) is 3.45. The Hall–Kier alpha value is -3.34. The number of carbonyl (C=O) groups excluding carboxylic acids is 1. The fourth-order valence-corrected chi connectivity index (χ4v) is 4.47. The lowest BCUT2D eigenvalue weighted by Gasteiger charge is -2.10. The van der Waals surface area contributed by atoms with E-state index in [-0.39, 0.29) is 5.91 Å². The predicted octanol–water partition coefficient (Wildman–Crippen LogP) is 5.30. The summed E-state index contributed by atoms with van der Waals surface area (Å²) in [5.41, 5.74) is 9.21. The first-order valence-electron chi connectivity index (χ1n) is 10.9. The van der Waals surface area contributed by atoms with Crippen molar-refractivity contribution in [3.8, 4) is 11.3 Å². The number of pyridine rings is 1. The molecule has 5 nitrogen and oxygen atoms in total. The second-order valence-electron chi connectivity index (χ2n) is 8.78. The Morgan fingerprint density at radius 1 is 1.03 bits per heavy atom. The second kappa shape index (κ2) is 7.41. The van der Waals surface area contributed by atoms with Gasteiger partial charge in [-0.25, -0.2) is 4.98 Å². The molecular formula is C26H28N4O. The number of benzene rings is 1. The van der Waals surface area contributed by atoms with Crippen LogP contribution in [0.5, 0.6) is 0 Å². The number of aryl methyl sites for hydroxylation is 3. The summed E-state index contributed by atoms with van der Waals surface area (Å²) in [4.78, 5) is 18.0. The topological polar surface area (TPSA) is 51.3 Å². The molecule has 5 heteroatoms. The first-order valence-corrected chi connectivity index (χ1v) is 10.9. The Morgan fingerprint density at radius 2 is 1.74 bits per heavy atom. The summed E-state index contributed by atoms with van der Waals surface area (Å²) in [7, 11) is 0. The molecule has 1 aliphatic rings. The van der Waals surface area contributed by atoms with E-state index >= 15 is 0 Å². The summed E-state index contributed by atoms with van der Waals surface area (Å²) in [6, 6.07) is 15.1. The van der Waals surface area contributed by atoms with Gasteiger partial charge in [-0.05, 0) is 58.2 Å². The van der Waals surface area contributed by atoms with Crippen LogP contribution in [-0.4, -0.2) is 19.9 Å². The molecule has 0 bridgehead atoms. The van der Waals surface area contributed by atoms with Crippen LogP contribution >= 0.6 is 0 Å². The summed E-state index contributed by atoms with van der Waals surface area (Å²) >= 11 is 0. The van der Waals surface area contributed by atoms with E-state index in [0.29, 0.717) is 12.6 Å². The van der Waals surface area contributed by atoms with Crippen molar-refractivity contribution < 1.29 is 4.79 Å². The number of amides is 1. The molecule has 1 N–H and O–H groups in total. The molecule has 1 aliphatic carbocycles. The summed E-state index contributed by atoms with van der Waals surface area (Å²) in [6.07, 6.45) is 4.50. The lowest BCUT2D eigenvalue weighted by atomic mass is 10.1. The van der Waals surface area contributed by atoms with E-state index in [1.54, 1.807) is 0 Å². The van der Waals surface area contributed by atoms with Gasteiger partial charge in [0.05, 0.1) is 23.5 Å². The molecule has 1 amide bonds. The Bertz CT molecular complexity index is 1290. The zero-order chi connectivity index (χ0) is 21.7. The molecule has 0 spiro atoms. The highest BCUT2D eigenvalue weighted by molar-refractivity contribution is 5.95. The van der Waals surface area contributed by atoms with Crippen LogP contribution in [0, 0.1) is 27.7 Å². The van der Waals surface area contributed by atoms with Gasteiger partial charge in [0.2, 0.25) is 0 Å². The lowest BCUT2D eigenvalue weighted by molar-refractivity contribution is 0.0949. The summed E-state index contributed by atoms with van der Waals surface area (Å²) in [5, 5.41) is 3.16. The number of carbonyl (C=O) groups is 1. The molecule has 1 aromatic carbocycles. The smallest absolute Gasteiger partial charge is 0.253 e. The van der Waals surface area contributed by atoms with Crippen molar-refractivity contribution in [1.29, 1.82) is 0 Å². The zero-order valence-electron chi connectivity index (χ0n) is 18.6. The minimum absolute atomic E-state index is 0.0301. The largest absolute Gasteiger partial charge is 0.346 e. The fourth-order valence-electron chi connectivity index (χ4n) is 4.47. The molecular weight excluding hydrogens is 384 g/mol. The fraction of sp³-hybridized carbons (Fsp3) is 0.308. The van der Waals surface area contributed by atoms with Gasteiger partial charge in [0.15, 0.2) is 0 Å². The number of rotatable bonds is 5. The minimum Gasteiger partial charge on any atom is -0.346 e. The molecule has 31 heavy (non-hydrogen) atoms. The van der Waals surface area contributed by atoms with Gasteiger partial charge >= 0.3 is 0 Å². The molecule has 0 saturated heterocycles. The third kappa shape index (κ3) is 3.54. The van der Waals surface area contributed by atoms with E-state index < -0.39 is 0 Å². The van der Waals surface area contributed by atoms with Crippen LogP contribution in [0.3, 0.4) is 0 Å². The van der Waals surface area contributed by atoms with Gasteiger partial charge in [0, 0.05) is 29.2 Å². The normalized spacial score (nSPS) is 13.7. The maximum absolute atomic E-state index is 13.1. The van der Waals surface area contributed by atoms with Gasteiger partial charge in [-0.1, -0.05) is 35.9 Å². The van der Waals surface area contributed by atoms with Gasteiger partial charge in [0.1, 0.15) is 5.65 Å². The van der Waals surface area contributed by atoms with E-state index in [2.05, 4.69) is 78.5 Å². The van der Waals surface area contributed by atoms with Gasteiger partial charge in [-0.15, -0.1) is 0 Å². The van der Waals surface area contributed by atoms with Crippen LogP contribution in [0.25, 0.3) is 16.9 Å². The number of imidazole rings is 1. The molecule has 4 aromatic rings. The van der Waals surface area contributed by atoms with E-state index in [4.69, 9.17) is 4.98 Å². The van der Waals surface area contributed by atoms with Crippen LogP contribution in [0.2, 0.25) is 0 Å². The van der Waals surface area contributed by atoms with Gasteiger partial charge in [0.25, 0.3) is 5.91 Å². The number of nitrogens with one attached hydrogen (secondary N) is 1. The Balaban J connectivity index is 1.49. The number of nitrogens with zero attached hydrogens (tertiary/aromatic N) is 3. The van der Waals surface area contributed by atoms with Crippen LogP contribution in [0.4, 0.5) is 0 Å². The quantitative estimate of drug-likeness (QED) is 0.483. The summed E-state index contributed by atoms with van der Waals surface area (Å²) in [5.74, 6) is -0.0301. The minimum atomic E-state index is -0.0301. The molecule has 0 unspecified atom stereocenters. The molecule has 1 fully saturated rings. The molecule has 5 rings (SSSR count). The van der Waals surface area contributed by atoms with E-state index in [1.165, 1.54) is 18.4 Å². The second-order valence-corrected chi connectivity index (χ2v) is 8.78. The first kappa shape index (κ1) is 19.6. The number of fused-ring (bicyclic) bond motifs is 1. The van der Waals surface area contributed by atoms with Crippen molar-refractivity contribution in [2.45, 2.75) is 53.1 Å². The molecule has 0 atom stereocenters. The van der Waals surface area contributed by atoms with Crippen molar-refractivity contribution in [2.75, 3.05) is 0 Å². The molecule has 158 valence electrons. The summed E-state index contributed by atoms with van der Waals surface area (Å²) < 4.78 is 4.41. The third-order valence-corrected chi connectivity index (χ3v) is 6.25. The molecule has 1 saturated carbocycles. The average molecular weight is 413 g/mol. The van der Waals surface area contributed by atoms with E-state index in [0.717, 1.165) is 45.1 Å². The SMILES string of the molecule is Cc1ccc(-c2nc3ccc(C)cn3c2CNC(=O)c2cc(C)n(C3CC3)c2C)cc1. The van der Waals surface area contributed by atoms with Crippen molar-refractivity contribution in [1.82, 2.24) is 19.3 Å². The summed E-state index contributed by atoms with van der Waals surface area (Å²) in [6.45, 7) is 8.70. The standard InChI is InChI=1S/C26H28N4O/c1-16-5-8-20(9-6-16)25-23(29-15-17(2)7-12-24(29)28-25)14-27-26(31)22-13-18(3)30(19(22)4)21-10-11-21/h5-9,12-13,15,21H,10-11,14H2,1-4H3,(H,27,31). The number of hydrogen-bond acceptors (Lipinski definition) is 2. The number of aromatic nitrogens is 3. The van der Waals surface area contributed by atoms with Crippen LogP contribution < -0.4 is 5.32 Å². The zero-order valence-corrected chi connectivity index (χ0v) is 18.6. The van der Waals surface area contributed by atoms with E-state index in [9.17, 15) is 4.79 Å². The third-order valence-electron chi connectivity index (χ3n) is 6.25. The van der Waals surface area contributed by atoms with Crippen LogP contribution in [-0.2, 0) is 6.54 Å². The van der Waals surface area contributed by atoms with Gasteiger partial charge < -0.3 is 14.3 Å². The van der Waals surface area contributed by atoms with Crippen molar-refractivity contribution in [3.63, 3.8) is 0 Å². The monoisotopic (exact) mass is 412 g/mol. The lowest BCUT2D eigenvalue weighted by Crippen LogP contribution is -2.24. The van der Waals surface area contributed by atoms with E-state index in [1.807, 2.05) is 12.1 Å². The van der Waals surface area contributed by atoms with Crippen molar-refractivity contribution in [3.05, 3.63) is 82.4 Å². The maximum atomic E-state index is 13.1. The Labute approximate surface area is 182 Å². The first-order chi connectivity index (χ1) is 14.9. The predicted molar refractivity (Wildman–Crippen MR) is 123 cm³/mol. The Morgan fingerprint density at radius 3 is 2.45 bits per heavy atom. The van der Waals surface area contributed by atoms with Crippen molar-refractivity contribution in [2.24, 2.45) is 0 Å². The highest BCUT2D eigenvalue weighted by Crippen LogP contribution is 2.38. The maximum Gasteiger partial charge on any atom is 0.253 e.